The first-order chi connectivity index (χ1) is 13.9. The van der Waals surface area contributed by atoms with Crippen LogP contribution in [0.2, 0.25) is 0 Å². The number of nitrogens with one attached hydrogen (secondary N) is 1. The van der Waals surface area contributed by atoms with Crippen LogP contribution in [0.4, 0.5) is 23.7 Å². The summed E-state index contributed by atoms with van der Waals surface area (Å²) in [6.45, 7) is 0.515. The molecule has 0 radical (unpaired) electrons. The molecule has 0 saturated carbocycles. The van der Waals surface area contributed by atoms with Gasteiger partial charge in [0.1, 0.15) is 5.54 Å². The summed E-state index contributed by atoms with van der Waals surface area (Å²) in [5.74, 6) is -1.65. The molecule has 0 bridgehead atoms. The Morgan fingerprint density at radius 1 is 1.17 bits per heavy atom. The van der Waals surface area contributed by atoms with Gasteiger partial charge in [-0.25, -0.2) is 4.79 Å². The van der Waals surface area contributed by atoms with E-state index in [1.807, 2.05) is 0 Å². The van der Waals surface area contributed by atoms with E-state index in [2.05, 4.69) is 5.32 Å². The van der Waals surface area contributed by atoms with Crippen LogP contribution in [-0.4, -0.2) is 34.1 Å². The highest BCUT2D eigenvalue weighted by atomic mass is 19.4. The van der Waals surface area contributed by atoms with E-state index in [9.17, 15) is 37.7 Å². The third-order valence-corrected chi connectivity index (χ3v) is 4.72. The third-order valence-electron chi connectivity index (χ3n) is 4.72. The number of halogens is 3. The van der Waals surface area contributed by atoms with Gasteiger partial charge in [-0.2, -0.15) is 13.2 Å². The number of Topliss-reactive ketones (excluding diaryl/α,β-unsaturated/α-hetero) is 1. The number of non-ortho nitro benzene ring substituents is 1. The fourth-order valence-electron chi connectivity index (χ4n) is 3.07. The molecular weight excluding hydrogens is 407 g/mol. The molecule has 1 heterocycles. The van der Waals surface area contributed by atoms with Gasteiger partial charge in [-0.1, -0.05) is 24.3 Å². The summed E-state index contributed by atoms with van der Waals surface area (Å²) in [5, 5.41) is 13.2. The van der Waals surface area contributed by atoms with Gasteiger partial charge in [-0.05, 0) is 24.6 Å². The maximum absolute atomic E-state index is 13.0. The highest BCUT2D eigenvalue weighted by Gasteiger charge is 2.50. The number of nitro groups is 1. The molecule has 11 heteroatoms. The van der Waals surface area contributed by atoms with Crippen molar-refractivity contribution < 1.29 is 32.5 Å². The molecule has 2 aromatic rings. The average molecular weight is 421 g/mol. The number of carbonyl (C=O) groups excluding carboxylic acids is 3. The first-order valence-corrected chi connectivity index (χ1v) is 8.53. The topological polar surface area (TPSA) is 110 Å². The molecular formula is C19H14F3N3O5. The van der Waals surface area contributed by atoms with E-state index in [-0.39, 0.29) is 16.8 Å². The Balaban J connectivity index is 1.87. The van der Waals surface area contributed by atoms with Crippen LogP contribution < -0.4 is 5.32 Å². The summed E-state index contributed by atoms with van der Waals surface area (Å²) in [6, 6.07) is 7.76. The normalized spacial score (nSPS) is 19.0. The maximum Gasteiger partial charge on any atom is 0.416 e. The molecule has 156 valence electrons. The Hall–Kier alpha value is -3.76. The van der Waals surface area contributed by atoms with Gasteiger partial charge in [0.2, 0.25) is 0 Å². The number of hydrogen-bond donors (Lipinski definition) is 1. The van der Waals surface area contributed by atoms with E-state index < -0.39 is 46.5 Å². The van der Waals surface area contributed by atoms with Crippen molar-refractivity contribution in [2.24, 2.45) is 0 Å². The number of hydrogen-bond acceptors (Lipinski definition) is 5. The van der Waals surface area contributed by atoms with Crippen LogP contribution in [0.3, 0.4) is 0 Å². The van der Waals surface area contributed by atoms with Crippen LogP contribution in [0.25, 0.3) is 0 Å². The van der Waals surface area contributed by atoms with Crippen LogP contribution in [-0.2, 0) is 16.5 Å². The van der Waals surface area contributed by atoms with Gasteiger partial charge in [-0.15, -0.1) is 0 Å². The van der Waals surface area contributed by atoms with E-state index in [0.717, 1.165) is 24.3 Å². The number of alkyl halides is 3. The van der Waals surface area contributed by atoms with Gasteiger partial charge in [0.25, 0.3) is 11.6 Å². The second-order valence-electron chi connectivity index (χ2n) is 6.76. The molecule has 1 atom stereocenters. The van der Waals surface area contributed by atoms with Crippen LogP contribution in [0.15, 0.2) is 48.5 Å². The molecule has 8 nitrogen and oxygen atoms in total. The van der Waals surface area contributed by atoms with Crippen LogP contribution in [0.5, 0.6) is 0 Å². The fraction of sp³-hybridized carbons (Fsp3) is 0.211. The van der Waals surface area contributed by atoms with Crippen molar-refractivity contribution in [1.82, 2.24) is 10.2 Å². The zero-order valence-corrected chi connectivity index (χ0v) is 15.4. The van der Waals surface area contributed by atoms with E-state index in [1.165, 1.54) is 31.2 Å². The molecule has 3 rings (SSSR count). The lowest BCUT2D eigenvalue weighted by molar-refractivity contribution is -0.384. The lowest BCUT2D eigenvalue weighted by atomic mass is 9.90. The minimum atomic E-state index is -4.64. The monoisotopic (exact) mass is 421 g/mol. The van der Waals surface area contributed by atoms with Crippen molar-refractivity contribution in [3.05, 3.63) is 75.3 Å². The Bertz CT molecular complexity index is 1070. The molecule has 1 aliphatic heterocycles. The molecule has 2 aromatic carbocycles. The van der Waals surface area contributed by atoms with Gasteiger partial charge in [0.05, 0.1) is 17.0 Å². The zero-order chi connectivity index (χ0) is 22.3. The predicted octanol–water partition coefficient (Wildman–Crippen LogP) is 3.26. The summed E-state index contributed by atoms with van der Waals surface area (Å²) in [4.78, 5) is 48.3. The number of nitrogens with zero attached hydrogens (tertiary/aromatic N) is 2. The molecule has 1 unspecified atom stereocenters. The van der Waals surface area contributed by atoms with E-state index in [0.29, 0.717) is 4.90 Å². The Kier molecular flexibility index (Phi) is 5.06. The van der Waals surface area contributed by atoms with Crippen LogP contribution in [0.1, 0.15) is 28.4 Å². The first-order valence-electron chi connectivity index (χ1n) is 8.53. The SMILES string of the molecule is CC1(c2cccc(C(F)(F)F)c2)NC(=O)N(CC(=O)c2cccc([N+](=O)[O-])c2)C1=O. The lowest BCUT2D eigenvalue weighted by Gasteiger charge is -2.23. The Labute approximate surface area is 167 Å². The smallest absolute Gasteiger partial charge is 0.319 e. The quantitative estimate of drug-likeness (QED) is 0.345. The number of carbonyl (C=O) groups is 3. The van der Waals surface area contributed by atoms with Crippen molar-refractivity contribution >= 4 is 23.4 Å². The number of imide groups is 1. The lowest BCUT2D eigenvalue weighted by Crippen LogP contribution is -2.41. The van der Waals surface area contributed by atoms with Crippen molar-refractivity contribution in [2.45, 2.75) is 18.6 Å². The number of ketones is 1. The first kappa shape index (κ1) is 21.0. The molecule has 1 aliphatic rings. The van der Waals surface area contributed by atoms with Crippen LogP contribution in [0, 0.1) is 10.1 Å². The number of nitro benzene ring substituents is 1. The van der Waals surface area contributed by atoms with E-state index >= 15 is 0 Å². The Morgan fingerprint density at radius 3 is 2.47 bits per heavy atom. The van der Waals surface area contributed by atoms with Gasteiger partial charge in [-0.3, -0.25) is 24.6 Å². The largest absolute Gasteiger partial charge is 0.416 e. The molecule has 0 aliphatic carbocycles. The summed E-state index contributed by atoms with van der Waals surface area (Å²) >= 11 is 0. The van der Waals surface area contributed by atoms with Crippen molar-refractivity contribution in [3.8, 4) is 0 Å². The number of benzene rings is 2. The fourth-order valence-corrected chi connectivity index (χ4v) is 3.07. The molecule has 0 aromatic heterocycles. The molecule has 1 saturated heterocycles. The standard InChI is InChI=1S/C19H14F3N3O5/c1-18(12-5-3-6-13(9-12)19(20,21)22)16(27)24(17(28)23-18)10-15(26)11-4-2-7-14(8-11)25(29)30/h2-9H,10H2,1H3,(H,23,28). The Morgan fingerprint density at radius 2 is 1.83 bits per heavy atom. The van der Waals surface area contributed by atoms with Gasteiger partial charge < -0.3 is 5.32 Å². The minimum Gasteiger partial charge on any atom is -0.319 e. The molecule has 0 spiro atoms. The summed E-state index contributed by atoms with van der Waals surface area (Å²) in [6.07, 6.45) is -4.64. The van der Waals surface area contributed by atoms with E-state index in [1.54, 1.807) is 0 Å². The molecule has 30 heavy (non-hydrogen) atoms. The molecule has 1 fully saturated rings. The maximum atomic E-state index is 13.0. The molecule has 3 amide bonds. The predicted molar refractivity (Wildman–Crippen MR) is 96.5 cm³/mol. The second kappa shape index (κ2) is 7.25. The van der Waals surface area contributed by atoms with E-state index in [4.69, 9.17) is 0 Å². The minimum absolute atomic E-state index is 0.0857. The number of urea groups is 1. The van der Waals surface area contributed by atoms with Crippen LogP contribution >= 0.6 is 0 Å². The van der Waals surface area contributed by atoms with Crippen molar-refractivity contribution in [3.63, 3.8) is 0 Å². The average Bonchev–Trinajstić information content (AvgIpc) is 2.91. The van der Waals surface area contributed by atoms with Gasteiger partial charge in [0, 0.05) is 17.7 Å². The van der Waals surface area contributed by atoms with Gasteiger partial charge in [0.15, 0.2) is 5.78 Å². The second-order valence-corrected chi connectivity index (χ2v) is 6.76. The zero-order valence-electron chi connectivity index (χ0n) is 15.4. The van der Waals surface area contributed by atoms with Crippen molar-refractivity contribution in [2.75, 3.05) is 6.54 Å². The number of amides is 3. The van der Waals surface area contributed by atoms with Gasteiger partial charge >= 0.3 is 12.2 Å². The highest BCUT2D eigenvalue weighted by molar-refractivity contribution is 6.11. The summed E-state index contributed by atoms with van der Waals surface area (Å²) < 4.78 is 39.0. The third kappa shape index (κ3) is 3.73. The summed E-state index contributed by atoms with van der Waals surface area (Å²) in [7, 11) is 0. The highest BCUT2D eigenvalue weighted by Crippen LogP contribution is 2.34. The molecule has 1 N–H and O–H groups in total. The van der Waals surface area contributed by atoms with Crippen molar-refractivity contribution in [1.29, 1.82) is 0 Å². The summed E-state index contributed by atoms with van der Waals surface area (Å²) in [5.41, 5.74) is -3.32. The number of rotatable bonds is 5.